The first-order valence-electron chi connectivity index (χ1n) is 16.8. The van der Waals surface area contributed by atoms with E-state index in [0.29, 0.717) is 49.0 Å². The highest BCUT2D eigenvalue weighted by Gasteiger charge is 2.49. The maximum atomic E-state index is 14.5. The molecule has 0 radical (unpaired) electrons. The van der Waals surface area contributed by atoms with Gasteiger partial charge >= 0.3 is 0 Å². The van der Waals surface area contributed by atoms with Crippen LogP contribution in [0.15, 0.2) is 66.7 Å². The maximum absolute atomic E-state index is 14.5. The van der Waals surface area contributed by atoms with E-state index < -0.39 is 32.7 Å². The van der Waals surface area contributed by atoms with E-state index in [1.165, 1.54) is 17.2 Å². The molecule has 0 saturated heterocycles. The lowest BCUT2D eigenvalue weighted by molar-refractivity contribution is -0.0533. The number of hydrogen-bond donors (Lipinski definition) is 2. The number of halogens is 2. The average molecular weight is 694 g/mol. The van der Waals surface area contributed by atoms with Gasteiger partial charge < -0.3 is 14.7 Å². The third-order valence-electron chi connectivity index (χ3n) is 11.3. The van der Waals surface area contributed by atoms with Crippen molar-refractivity contribution in [2.75, 3.05) is 24.6 Å². The predicted molar refractivity (Wildman–Crippen MR) is 183 cm³/mol. The number of aromatic nitrogens is 1. The number of allylic oxidation sites excluding steroid dienone is 1. The van der Waals surface area contributed by atoms with Crippen molar-refractivity contribution in [1.82, 2.24) is 9.71 Å². The van der Waals surface area contributed by atoms with Crippen molar-refractivity contribution in [3.63, 3.8) is 0 Å². The van der Waals surface area contributed by atoms with Gasteiger partial charge in [-0.15, -0.1) is 0 Å². The van der Waals surface area contributed by atoms with Crippen molar-refractivity contribution in [3.8, 4) is 5.75 Å². The summed E-state index contributed by atoms with van der Waals surface area (Å²) in [6, 6.07) is 15.6. The number of nitrogens with one attached hydrogen (secondary N) is 1. The van der Waals surface area contributed by atoms with Crippen molar-refractivity contribution in [3.05, 3.63) is 100 Å². The molecule has 1 amide bonds. The number of carbonyl (C=O) groups is 1. The molecule has 11 heteroatoms. The van der Waals surface area contributed by atoms with Crippen LogP contribution in [0.5, 0.6) is 5.75 Å². The van der Waals surface area contributed by atoms with Crippen LogP contribution < -0.4 is 14.4 Å². The van der Waals surface area contributed by atoms with Crippen LogP contribution in [-0.4, -0.2) is 49.4 Å². The maximum Gasteiger partial charge on any atom is 0.264 e. The molecule has 254 valence electrons. The Morgan fingerprint density at radius 1 is 1.12 bits per heavy atom. The third-order valence-corrected chi connectivity index (χ3v) is 13.4. The first-order chi connectivity index (χ1) is 22.9. The highest BCUT2D eigenvalue weighted by molar-refractivity contribution is 7.90. The second-order valence-corrected chi connectivity index (χ2v) is 16.7. The molecule has 7 rings (SSSR count). The number of ether oxygens (including phenoxy) is 1. The van der Waals surface area contributed by atoms with E-state index >= 15 is 0 Å². The number of sulfonamides is 1. The number of aliphatic hydroxyl groups is 1. The Bertz CT molecular complexity index is 1890. The van der Waals surface area contributed by atoms with Gasteiger partial charge in [-0.3, -0.25) is 4.79 Å². The van der Waals surface area contributed by atoms with Gasteiger partial charge in [0, 0.05) is 35.0 Å². The van der Waals surface area contributed by atoms with Crippen LogP contribution in [0.25, 0.3) is 0 Å². The van der Waals surface area contributed by atoms with Crippen molar-refractivity contribution in [2.45, 2.75) is 68.6 Å². The number of carbonyl (C=O) groups excluding carboxylic acids is 1. The number of hydrogen-bond acceptors (Lipinski definition) is 7. The van der Waals surface area contributed by atoms with Gasteiger partial charge in [-0.2, -0.15) is 4.39 Å². The highest BCUT2D eigenvalue weighted by Crippen LogP contribution is 2.50. The average Bonchev–Trinajstić information content (AvgIpc) is 3.18. The van der Waals surface area contributed by atoms with Gasteiger partial charge in [-0.1, -0.05) is 42.8 Å². The van der Waals surface area contributed by atoms with Gasteiger partial charge in [-0.05, 0) is 111 Å². The van der Waals surface area contributed by atoms with Gasteiger partial charge in [0.05, 0.1) is 23.2 Å². The van der Waals surface area contributed by atoms with E-state index in [-0.39, 0.29) is 34.4 Å². The number of anilines is 1. The number of fused-ring (bicyclic) bond motifs is 4. The van der Waals surface area contributed by atoms with Crippen LogP contribution in [0.1, 0.15) is 73.1 Å². The van der Waals surface area contributed by atoms with Crippen molar-refractivity contribution >= 4 is 33.2 Å². The van der Waals surface area contributed by atoms with E-state index in [9.17, 15) is 22.7 Å². The van der Waals surface area contributed by atoms with E-state index in [0.717, 1.165) is 25.7 Å². The predicted octanol–water partition coefficient (Wildman–Crippen LogP) is 6.31. The zero-order chi connectivity index (χ0) is 33.8. The largest absolute Gasteiger partial charge is 0.490 e. The lowest BCUT2D eigenvalue weighted by atomic mass is 9.63. The summed E-state index contributed by atoms with van der Waals surface area (Å²) in [5, 5.41) is 12.2. The standard InChI is InChI=1S/C37H41ClFN3O5S/c1-23-6-4-17-37(44,33-8-3-9-34(39)40-33)30-13-10-27(30)20-42-21-36(16-5-7-25-18-28(38)12-14-29(25)36)22-47-32-15-11-26(19-31(32)42)35(43)41-48(45,46)24(23)2/h3-4,8-9,11-12,14-15,17-19,23-24,27,30,44H,5-7,10,13,16,20-22H2,1-2H3,(H,41,43)/b17-4+/t23-,24+,27-,30+,36-,37+/m0/s1. The van der Waals surface area contributed by atoms with Crippen LogP contribution in [0.4, 0.5) is 10.1 Å². The van der Waals surface area contributed by atoms with E-state index in [4.69, 9.17) is 16.3 Å². The second-order valence-electron chi connectivity index (χ2n) is 14.2. The summed E-state index contributed by atoms with van der Waals surface area (Å²) in [6.45, 7) is 4.91. The topological polar surface area (TPSA) is 109 Å². The minimum atomic E-state index is -4.05. The Morgan fingerprint density at radius 2 is 1.96 bits per heavy atom. The van der Waals surface area contributed by atoms with Crippen molar-refractivity contribution in [1.29, 1.82) is 0 Å². The van der Waals surface area contributed by atoms with Crippen LogP contribution >= 0.6 is 11.6 Å². The van der Waals surface area contributed by atoms with Gasteiger partial charge in [-0.25, -0.2) is 18.1 Å². The molecule has 4 aliphatic rings. The lowest BCUT2D eigenvalue weighted by Crippen LogP contribution is -2.51. The van der Waals surface area contributed by atoms with Crippen LogP contribution in [0, 0.1) is 23.7 Å². The molecule has 2 aromatic carbocycles. The summed E-state index contributed by atoms with van der Waals surface area (Å²) in [4.78, 5) is 19.9. The van der Waals surface area contributed by atoms with Gasteiger partial charge in [0.15, 0.2) is 0 Å². The first kappa shape index (κ1) is 33.0. The number of benzene rings is 2. The monoisotopic (exact) mass is 693 g/mol. The molecule has 2 aliphatic carbocycles. The fraction of sp³-hybridized carbons (Fsp3) is 0.459. The molecule has 2 bridgehead atoms. The molecule has 1 spiro atoms. The van der Waals surface area contributed by atoms with E-state index in [2.05, 4.69) is 20.7 Å². The quantitative estimate of drug-likeness (QED) is 0.227. The third kappa shape index (κ3) is 5.90. The summed E-state index contributed by atoms with van der Waals surface area (Å²) in [6.07, 6.45) is 8.08. The highest BCUT2D eigenvalue weighted by atomic mass is 35.5. The summed E-state index contributed by atoms with van der Waals surface area (Å²) in [7, 11) is -4.05. The summed E-state index contributed by atoms with van der Waals surface area (Å²) in [5.74, 6) is -1.42. The Balaban J connectivity index is 1.35. The molecule has 3 heterocycles. The minimum absolute atomic E-state index is 0.00288. The molecule has 1 aromatic heterocycles. The minimum Gasteiger partial charge on any atom is -0.490 e. The van der Waals surface area contributed by atoms with Gasteiger partial charge in [0.2, 0.25) is 16.0 Å². The normalized spacial score (nSPS) is 32.1. The van der Waals surface area contributed by atoms with Crippen LogP contribution in [0.2, 0.25) is 5.02 Å². The molecule has 6 atom stereocenters. The van der Waals surface area contributed by atoms with Crippen molar-refractivity contribution < 1.29 is 27.4 Å². The molecular formula is C37H41ClFN3O5S. The summed E-state index contributed by atoms with van der Waals surface area (Å²) >= 11 is 6.42. The van der Waals surface area contributed by atoms with Crippen LogP contribution in [0.3, 0.4) is 0 Å². The smallest absolute Gasteiger partial charge is 0.264 e. The SMILES string of the molecule is C[C@@H]1[C@@H](C)C/C=C/[C@](O)(c2cccc(F)n2)[C@@H]2CC[C@H]2CN2C[C@@]3(CCCc4cc(Cl)ccc43)COc3ccc(cc32)C(=O)NS1(=O)=O. The lowest BCUT2D eigenvalue weighted by Gasteiger charge is -2.49. The molecule has 0 unspecified atom stereocenters. The van der Waals surface area contributed by atoms with Gasteiger partial charge in [0.25, 0.3) is 5.91 Å². The van der Waals surface area contributed by atoms with E-state index in [1.54, 1.807) is 56.3 Å². The molecule has 2 aliphatic heterocycles. The molecular weight excluding hydrogens is 653 g/mol. The fourth-order valence-electron chi connectivity index (χ4n) is 8.18. The Hall–Kier alpha value is -3.47. The van der Waals surface area contributed by atoms with Gasteiger partial charge in [0.1, 0.15) is 11.4 Å². The number of nitrogens with zero attached hydrogens (tertiary/aromatic N) is 2. The zero-order valence-corrected chi connectivity index (χ0v) is 28.7. The molecule has 2 N–H and O–H groups in total. The Kier molecular flexibility index (Phi) is 8.57. The Labute approximate surface area is 286 Å². The second kappa shape index (κ2) is 12.4. The number of pyridine rings is 1. The number of rotatable bonds is 1. The number of aryl methyl sites for hydroxylation is 1. The molecule has 8 nitrogen and oxygen atoms in total. The Morgan fingerprint density at radius 3 is 2.73 bits per heavy atom. The van der Waals surface area contributed by atoms with Crippen LogP contribution in [-0.2, 0) is 27.5 Å². The fourth-order valence-corrected chi connectivity index (χ4v) is 9.66. The molecule has 3 aromatic rings. The molecule has 1 fully saturated rings. The number of amides is 1. The van der Waals surface area contributed by atoms with Crippen molar-refractivity contribution in [2.24, 2.45) is 17.8 Å². The first-order valence-corrected chi connectivity index (χ1v) is 18.7. The molecule has 1 saturated carbocycles. The van der Waals surface area contributed by atoms with E-state index in [1.807, 2.05) is 12.1 Å². The zero-order valence-electron chi connectivity index (χ0n) is 27.2. The summed E-state index contributed by atoms with van der Waals surface area (Å²) < 4.78 is 50.2. The summed E-state index contributed by atoms with van der Waals surface area (Å²) in [5.41, 5.74) is 1.59. The molecule has 48 heavy (non-hydrogen) atoms.